The van der Waals surface area contributed by atoms with Crippen LogP contribution >= 0.6 is 0 Å². The quantitative estimate of drug-likeness (QED) is 0.853. The minimum atomic E-state index is -0.252. The first-order valence-electron chi connectivity index (χ1n) is 7.41. The molecule has 0 saturated carbocycles. The van der Waals surface area contributed by atoms with Crippen molar-refractivity contribution in [1.82, 2.24) is 10.2 Å². The largest absolute Gasteiger partial charge is 0.339 e. The second kappa shape index (κ2) is 5.52. The first-order valence-corrected chi connectivity index (χ1v) is 7.41. The number of nitrogens with one attached hydrogen (secondary N) is 1. The lowest BCUT2D eigenvalue weighted by molar-refractivity contribution is 0.0758. The summed E-state index contributed by atoms with van der Waals surface area (Å²) in [6.45, 7) is 5.51. The fourth-order valence-corrected chi connectivity index (χ4v) is 3.38. The molecule has 2 saturated heterocycles. The van der Waals surface area contributed by atoms with Crippen LogP contribution in [0.15, 0.2) is 18.2 Å². The molecule has 0 spiro atoms. The molecule has 0 aromatic heterocycles. The van der Waals surface area contributed by atoms with Crippen molar-refractivity contribution in [3.05, 3.63) is 35.1 Å². The topological polar surface area (TPSA) is 32.3 Å². The van der Waals surface area contributed by atoms with Crippen LogP contribution in [0.5, 0.6) is 0 Å². The highest BCUT2D eigenvalue weighted by atomic mass is 19.1. The molecule has 4 heteroatoms. The van der Waals surface area contributed by atoms with E-state index in [0.29, 0.717) is 23.0 Å². The van der Waals surface area contributed by atoms with Crippen LogP contribution in [-0.4, -0.2) is 37.0 Å². The Balaban J connectivity index is 1.72. The van der Waals surface area contributed by atoms with Crippen LogP contribution in [0.3, 0.4) is 0 Å². The minimum absolute atomic E-state index is 0.0426. The molecule has 1 aromatic rings. The van der Waals surface area contributed by atoms with Gasteiger partial charge in [0, 0.05) is 18.7 Å². The van der Waals surface area contributed by atoms with Gasteiger partial charge < -0.3 is 10.2 Å². The lowest BCUT2D eigenvalue weighted by Gasteiger charge is -2.21. The molecular weight excluding hydrogens is 255 g/mol. The summed E-state index contributed by atoms with van der Waals surface area (Å²) in [5.41, 5.74) is 1.14. The van der Waals surface area contributed by atoms with Crippen molar-refractivity contribution in [2.75, 3.05) is 26.2 Å². The van der Waals surface area contributed by atoms with E-state index in [4.69, 9.17) is 0 Å². The van der Waals surface area contributed by atoms with Gasteiger partial charge in [0.15, 0.2) is 0 Å². The molecule has 3 nitrogen and oxygen atoms in total. The molecule has 2 fully saturated rings. The summed E-state index contributed by atoms with van der Waals surface area (Å²) in [5, 5.41) is 3.44. The van der Waals surface area contributed by atoms with Crippen LogP contribution in [0.25, 0.3) is 0 Å². The van der Waals surface area contributed by atoms with Crippen molar-refractivity contribution in [3.8, 4) is 0 Å². The van der Waals surface area contributed by atoms with Crippen molar-refractivity contribution in [2.45, 2.75) is 19.8 Å². The number of halogens is 1. The Morgan fingerprint density at radius 1 is 1.25 bits per heavy atom. The first kappa shape index (κ1) is 13.6. The highest BCUT2D eigenvalue weighted by Gasteiger charge is 2.31. The predicted octanol–water partition coefficient (Wildman–Crippen LogP) is 2.21. The van der Waals surface area contributed by atoms with Gasteiger partial charge in [0.2, 0.25) is 0 Å². The fraction of sp³-hybridized carbons (Fsp3) is 0.562. The van der Waals surface area contributed by atoms with E-state index in [1.54, 1.807) is 19.1 Å². The van der Waals surface area contributed by atoms with E-state index in [9.17, 15) is 9.18 Å². The zero-order valence-electron chi connectivity index (χ0n) is 11.9. The number of fused-ring (bicyclic) bond motifs is 1. The summed E-state index contributed by atoms with van der Waals surface area (Å²) < 4.78 is 13.3. The number of nitrogens with zero attached hydrogens (tertiary/aromatic N) is 1. The lowest BCUT2D eigenvalue weighted by Crippen LogP contribution is -2.32. The molecule has 2 atom stereocenters. The maximum atomic E-state index is 13.3. The molecule has 20 heavy (non-hydrogen) atoms. The van der Waals surface area contributed by atoms with Crippen molar-refractivity contribution in [3.63, 3.8) is 0 Å². The SMILES string of the molecule is Cc1cc(C(=O)N2CC[C@@H]3CNC[C@@H]3CC2)ccc1F. The Morgan fingerprint density at radius 3 is 2.50 bits per heavy atom. The van der Waals surface area contributed by atoms with E-state index in [-0.39, 0.29) is 11.7 Å². The first-order chi connectivity index (χ1) is 9.65. The van der Waals surface area contributed by atoms with E-state index in [0.717, 1.165) is 39.0 Å². The molecule has 108 valence electrons. The maximum absolute atomic E-state index is 13.3. The Morgan fingerprint density at radius 2 is 1.90 bits per heavy atom. The van der Waals surface area contributed by atoms with Crippen LogP contribution in [0.2, 0.25) is 0 Å². The van der Waals surface area contributed by atoms with Gasteiger partial charge in [-0.25, -0.2) is 4.39 Å². The Labute approximate surface area is 119 Å². The standard InChI is InChI=1S/C16H21FN2O/c1-11-8-12(2-3-15(11)17)16(20)19-6-4-13-9-18-10-14(13)5-7-19/h2-3,8,13-14,18H,4-7,9-10H2,1H3/t13-,14+. The minimum Gasteiger partial charge on any atom is -0.339 e. The third-order valence-corrected chi connectivity index (χ3v) is 4.71. The summed E-state index contributed by atoms with van der Waals surface area (Å²) >= 11 is 0. The van der Waals surface area contributed by atoms with Gasteiger partial charge in [-0.1, -0.05) is 0 Å². The molecule has 2 heterocycles. The number of rotatable bonds is 1. The molecule has 0 radical (unpaired) electrons. The Kier molecular flexibility index (Phi) is 3.74. The van der Waals surface area contributed by atoms with Gasteiger partial charge in [-0.15, -0.1) is 0 Å². The summed E-state index contributed by atoms with van der Waals surface area (Å²) in [4.78, 5) is 14.5. The second-order valence-corrected chi connectivity index (χ2v) is 6.01. The number of aryl methyl sites for hydroxylation is 1. The highest BCUT2D eigenvalue weighted by Crippen LogP contribution is 2.27. The lowest BCUT2D eigenvalue weighted by atomic mass is 9.92. The average Bonchev–Trinajstić information content (AvgIpc) is 2.80. The average molecular weight is 276 g/mol. The van der Waals surface area contributed by atoms with Crippen molar-refractivity contribution < 1.29 is 9.18 Å². The van der Waals surface area contributed by atoms with Crippen LogP contribution in [0.1, 0.15) is 28.8 Å². The normalized spacial score (nSPS) is 26.2. The Hall–Kier alpha value is -1.42. The smallest absolute Gasteiger partial charge is 0.253 e. The molecule has 2 aliphatic heterocycles. The van der Waals surface area contributed by atoms with Gasteiger partial charge in [-0.05, 0) is 68.5 Å². The fourth-order valence-electron chi connectivity index (χ4n) is 3.38. The number of amides is 1. The molecule has 1 amide bonds. The maximum Gasteiger partial charge on any atom is 0.253 e. The van der Waals surface area contributed by atoms with Gasteiger partial charge in [-0.3, -0.25) is 4.79 Å². The van der Waals surface area contributed by atoms with Crippen LogP contribution in [0.4, 0.5) is 4.39 Å². The van der Waals surface area contributed by atoms with E-state index >= 15 is 0 Å². The molecule has 2 aliphatic rings. The predicted molar refractivity (Wildman–Crippen MR) is 76.1 cm³/mol. The summed E-state index contributed by atoms with van der Waals surface area (Å²) in [5.74, 6) is 1.21. The highest BCUT2D eigenvalue weighted by molar-refractivity contribution is 5.94. The number of benzene rings is 1. The van der Waals surface area contributed by atoms with Crippen LogP contribution in [0, 0.1) is 24.6 Å². The van der Waals surface area contributed by atoms with Gasteiger partial charge in [0.05, 0.1) is 0 Å². The summed E-state index contributed by atoms with van der Waals surface area (Å²) in [6.07, 6.45) is 2.15. The van der Waals surface area contributed by atoms with Gasteiger partial charge >= 0.3 is 0 Å². The number of carbonyl (C=O) groups excluding carboxylic acids is 1. The number of hydrogen-bond acceptors (Lipinski definition) is 2. The van der Waals surface area contributed by atoms with Crippen molar-refractivity contribution in [1.29, 1.82) is 0 Å². The van der Waals surface area contributed by atoms with E-state index in [1.165, 1.54) is 6.07 Å². The summed E-state index contributed by atoms with van der Waals surface area (Å²) in [6, 6.07) is 4.64. The Bertz CT molecular complexity index is 503. The molecule has 1 N–H and O–H groups in total. The molecule has 0 bridgehead atoms. The molecule has 0 unspecified atom stereocenters. The third kappa shape index (κ3) is 2.57. The van der Waals surface area contributed by atoms with Crippen molar-refractivity contribution >= 4 is 5.91 Å². The van der Waals surface area contributed by atoms with Gasteiger partial charge in [-0.2, -0.15) is 0 Å². The number of hydrogen-bond donors (Lipinski definition) is 1. The molecular formula is C16H21FN2O. The molecule has 0 aliphatic carbocycles. The van der Waals surface area contributed by atoms with Gasteiger partial charge in [0.1, 0.15) is 5.82 Å². The second-order valence-electron chi connectivity index (χ2n) is 6.01. The van der Waals surface area contributed by atoms with Crippen molar-refractivity contribution in [2.24, 2.45) is 11.8 Å². The molecule has 3 rings (SSSR count). The van der Waals surface area contributed by atoms with E-state index in [1.807, 2.05) is 4.90 Å². The van der Waals surface area contributed by atoms with Crippen LogP contribution < -0.4 is 5.32 Å². The zero-order chi connectivity index (χ0) is 14.1. The van der Waals surface area contributed by atoms with Gasteiger partial charge in [0.25, 0.3) is 5.91 Å². The monoisotopic (exact) mass is 276 g/mol. The van der Waals surface area contributed by atoms with E-state index in [2.05, 4.69) is 5.32 Å². The third-order valence-electron chi connectivity index (χ3n) is 4.71. The molecule has 1 aromatic carbocycles. The van der Waals surface area contributed by atoms with E-state index < -0.39 is 0 Å². The zero-order valence-corrected chi connectivity index (χ0v) is 11.9. The van der Waals surface area contributed by atoms with Crippen LogP contribution in [-0.2, 0) is 0 Å². The number of carbonyl (C=O) groups is 1. The summed E-state index contributed by atoms with van der Waals surface area (Å²) in [7, 11) is 0. The number of likely N-dealkylation sites (tertiary alicyclic amines) is 1.